The maximum absolute atomic E-state index is 11.6. The van der Waals surface area contributed by atoms with E-state index in [0.29, 0.717) is 13.2 Å². The van der Waals surface area contributed by atoms with Gasteiger partial charge in [-0.05, 0) is 23.6 Å². The molecule has 0 amide bonds. The van der Waals surface area contributed by atoms with E-state index in [1.807, 2.05) is 12.1 Å². The van der Waals surface area contributed by atoms with Gasteiger partial charge in [0.2, 0.25) is 0 Å². The van der Waals surface area contributed by atoms with Gasteiger partial charge < -0.3 is 4.74 Å². The highest BCUT2D eigenvalue weighted by molar-refractivity contribution is 5.30. The van der Waals surface area contributed by atoms with E-state index in [2.05, 4.69) is 17.1 Å². The van der Waals surface area contributed by atoms with Crippen LogP contribution in [-0.2, 0) is 17.7 Å². The Kier molecular flexibility index (Phi) is 2.94. The molecule has 92 valence electrons. The van der Waals surface area contributed by atoms with Crippen molar-refractivity contribution < 1.29 is 4.74 Å². The highest BCUT2D eigenvalue weighted by Gasteiger charge is 2.20. The molecule has 3 rings (SSSR count). The van der Waals surface area contributed by atoms with E-state index in [4.69, 9.17) is 4.74 Å². The second kappa shape index (κ2) is 4.74. The highest BCUT2D eigenvalue weighted by Crippen LogP contribution is 2.27. The lowest BCUT2D eigenvalue weighted by Gasteiger charge is -2.26. The van der Waals surface area contributed by atoms with Gasteiger partial charge in [0.25, 0.3) is 0 Å². The Morgan fingerprint density at radius 1 is 1.33 bits per heavy atom. The van der Waals surface area contributed by atoms with Crippen molar-refractivity contribution in [1.29, 1.82) is 0 Å². The summed E-state index contributed by atoms with van der Waals surface area (Å²) in [4.78, 5) is 15.4. The zero-order chi connectivity index (χ0) is 12.4. The molecule has 18 heavy (non-hydrogen) atoms. The lowest BCUT2D eigenvalue weighted by atomic mass is 9.97. The summed E-state index contributed by atoms with van der Waals surface area (Å²) in [5, 5.41) is 0. The summed E-state index contributed by atoms with van der Waals surface area (Å²) in [5.41, 5.74) is 2.26. The Morgan fingerprint density at radius 2 is 2.22 bits per heavy atom. The van der Waals surface area contributed by atoms with Gasteiger partial charge in [0.15, 0.2) is 0 Å². The topological polar surface area (TPSA) is 44.1 Å². The number of hydrogen-bond donors (Lipinski definition) is 0. The van der Waals surface area contributed by atoms with Crippen LogP contribution in [0.25, 0.3) is 0 Å². The van der Waals surface area contributed by atoms with Gasteiger partial charge in [-0.15, -0.1) is 0 Å². The SMILES string of the molecule is O=c1ncccn1CC1OCCc2ccccc21. The van der Waals surface area contributed by atoms with Crippen molar-refractivity contribution in [2.24, 2.45) is 0 Å². The van der Waals surface area contributed by atoms with Crippen molar-refractivity contribution in [3.05, 3.63) is 64.3 Å². The molecule has 1 aliphatic rings. The predicted molar refractivity (Wildman–Crippen MR) is 67.3 cm³/mol. The highest BCUT2D eigenvalue weighted by atomic mass is 16.5. The third-order valence-corrected chi connectivity index (χ3v) is 3.24. The molecule has 0 radical (unpaired) electrons. The molecule has 0 saturated heterocycles. The van der Waals surface area contributed by atoms with E-state index in [1.165, 1.54) is 17.3 Å². The largest absolute Gasteiger partial charge is 0.371 e. The number of benzene rings is 1. The summed E-state index contributed by atoms with van der Waals surface area (Å²) in [7, 11) is 0. The van der Waals surface area contributed by atoms with Gasteiger partial charge in [-0.1, -0.05) is 24.3 Å². The van der Waals surface area contributed by atoms with Crippen LogP contribution < -0.4 is 5.69 Å². The molecular formula is C14H14N2O2. The number of aromatic nitrogens is 2. The number of rotatable bonds is 2. The number of nitrogens with zero attached hydrogens (tertiary/aromatic N) is 2. The lowest BCUT2D eigenvalue weighted by molar-refractivity contribution is 0.0297. The van der Waals surface area contributed by atoms with Crippen LogP contribution in [0.2, 0.25) is 0 Å². The minimum Gasteiger partial charge on any atom is -0.371 e. The van der Waals surface area contributed by atoms with Gasteiger partial charge in [0, 0.05) is 12.4 Å². The molecule has 1 aromatic heterocycles. The Bertz CT molecular complexity index is 606. The molecule has 0 aliphatic carbocycles. The van der Waals surface area contributed by atoms with Crippen LogP contribution in [0, 0.1) is 0 Å². The summed E-state index contributed by atoms with van der Waals surface area (Å²) < 4.78 is 7.37. The standard InChI is InChI=1S/C14H14N2O2/c17-14-15-7-3-8-16(14)10-13-12-5-2-1-4-11(12)6-9-18-13/h1-5,7-8,13H,6,9-10H2. The fourth-order valence-corrected chi connectivity index (χ4v) is 2.33. The normalized spacial score (nSPS) is 18.3. The molecule has 1 aromatic carbocycles. The smallest absolute Gasteiger partial charge is 0.347 e. The average Bonchev–Trinajstić information content (AvgIpc) is 2.42. The Balaban J connectivity index is 1.91. The van der Waals surface area contributed by atoms with E-state index in [0.717, 1.165) is 6.42 Å². The monoisotopic (exact) mass is 242 g/mol. The summed E-state index contributed by atoms with van der Waals surface area (Å²) >= 11 is 0. The van der Waals surface area contributed by atoms with E-state index in [-0.39, 0.29) is 11.8 Å². The maximum atomic E-state index is 11.6. The number of fused-ring (bicyclic) bond motifs is 1. The van der Waals surface area contributed by atoms with Crippen molar-refractivity contribution in [3.8, 4) is 0 Å². The minimum absolute atomic E-state index is 0.0585. The Hall–Kier alpha value is -1.94. The van der Waals surface area contributed by atoms with E-state index >= 15 is 0 Å². The molecule has 0 N–H and O–H groups in total. The van der Waals surface area contributed by atoms with Crippen molar-refractivity contribution in [2.45, 2.75) is 19.1 Å². The molecule has 0 fully saturated rings. The molecule has 1 unspecified atom stereocenters. The van der Waals surface area contributed by atoms with Crippen LogP contribution in [0.3, 0.4) is 0 Å². The molecule has 4 nitrogen and oxygen atoms in total. The first-order chi connectivity index (χ1) is 8.84. The third kappa shape index (κ3) is 2.07. The van der Waals surface area contributed by atoms with Gasteiger partial charge in [-0.25, -0.2) is 9.78 Å². The number of hydrogen-bond acceptors (Lipinski definition) is 3. The fraction of sp³-hybridized carbons (Fsp3) is 0.286. The third-order valence-electron chi connectivity index (χ3n) is 3.24. The predicted octanol–water partition coefficient (Wildman–Crippen LogP) is 1.56. The molecule has 0 saturated carbocycles. The second-order valence-corrected chi connectivity index (χ2v) is 4.36. The van der Waals surface area contributed by atoms with Crippen LogP contribution in [0.4, 0.5) is 0 Å². The van der Waals surface area contributed by atoms with Crippen molar-refractivity contribution >= 4 is 0 Å². The first kappa shape index (κ1) is 11.2. The van der Waals surface area contributed by atoms with Crippen LogP contribution in [-0.4, -0.2) is 16.2 Å². The first-order valence-electron chi connectivity index (χ1n) is 6.05. The van der Waals surface area contributed by atoms with Crippen molar-refractivity contribution in [3.63, 3.8) is 0 Å². The van der Waals surface area contributed by atoms with E-state index in [9.17, 15) is 4.79 Å². The van der Waals surface area contributed by atoms with Gasteiger partial charge >= 0.3 is 5.69 Å². The maximum Gasteiger partial charge on any atom is 0.347 e. The van der Waals surface area contributed by atoms with Crippen LogP contribution in [0.15, 0.2) is 47.5 Å². The zero-order valence-corrected chi connectivity index (χ0v) is 9.95. The molecule has 1 aliphatic heterocycles. The average molecular weight is 242 g/mol. The zero-order valence-electron chi connectivity index (χ0n) is 9.95. The second-order valence-electron chi connectivity index (χ2n) is 4.36. The minimum atomic E-state index is -0.232. The van der Waals surface area contributed by atoms with Gasteiger partial charge in [0.05, 0.1) is 13.2 Å². The van der Waals surface area contributed by atoms with E-state index in [1.54, 1.807) is 16.8 Å². The molecule has 1 atom stereocenters. The Morgan fingerprint density at radius 3 is 3.11 bits per heavy atom. The molecule has 4 heteroatoms. The van der Waals surface area contributed by atoms with Crippen molar-refractivity contribution in [2.75, 3.05) is 6.61 Å². The molecule has 2 aromatic rings. The molecule has 0 bridgehead atoms. The molecular weight excluding hydrogens is 228 g/mol. The van der Waals surface area contributed by atoms with Crippen LogP contribution >= 0.6 is 0 Å². The lowest BCUT2D eigenvalue weighted by Crippen LogP contribution is -2.27. The fourth-order valence-electron chi connectivity index (χ4n) is 2.33. The molecule has 2 heterocycles. The summed E-state index contributed by atoms with van der Waals surface area (Å²) in [5.74, 6) is 0. The van der Waals surface area contributed by atoms with Gasteiger partial charge in [0.1, 0.15) is 6.10 Å². The molecule has 0 spiro atoms. The van der Waals surface area contributed by atoms with E-state index < -0.39 is 0 Å². The van der Waals surface area contributed by atoms with Crippen molar-refractivity contribution in [1.82, 2.24) is 9.55 Å². The quantitative estimate of drug-likeness (QED) is 0.802. The van der Waals surface area contributed by atoms with Crippen LogP contribution in [0.1, 0.15) is 17.2 Å². The van der Waals surface area contributed by atoms with Gasteiger partial charge in [-0.2, -0.15) is 0 Å². The first-order valence-corrected chi connectivity index (χ1v) is 6.05. The van der Waals surface area contributed by atoms with Gasteiger partial charge in [-0.3, -0.25) is 4.57 Å². The Labute approximate surface area is 105 Å². The summed E-state index contributed by atoms with van der Waals surface area (Å²) in [6.45, 7) is 1.22. The van der Waals surface area contributed by atoms with Crippen LogP contribution in [0.5, 0.6) is 0 Å². The summed E-state index contributed by atoms with van der Waals surface area (Å²) in [6.07, 6.45) is 4.14. The summed E-state index contributed by atoms with van der Waals surface area (Å²) in [6, 6.07) is 10.00. The number of ether oxygens (including phenoxy) is 1.